The van der Waals surface area contributed by atoms with Crippen LogP contribution in [0.4, 0.5) is 5.13 Å². The Labute approximate surface area is 116 Å². The summed E-state index contributed by atoms with van der Waals surface area (Å²) in [5.74, 6) is 0.773. The van der Waals surface area contributed by atoms with Crippen LogP contribution in [0.15, 0.2) is 18.2 Å². The molecule has 102 valence electrons. The largest absolute Gasteiger partial charge is 0.494 e. The first-order valence-electron chi connectivity index (χ1n) is 6.40. The van der Waals surface area contributed by atoms with E-state index in [1.54, 1.807) is 7.11 Å². The number of rotatable bonds is 5. The van der Waals surface area contributed by atoms with E-state index in [1.807, 2.05) is 25.1 Å². The molecule has 1 heterocycles. The first-order chi connectivity index (χ1) is 9.15. The molecule has 1 aromatic heterocycles. The first kappa shape index (κ1) is 13.8. The predicted molar refractivity (Wildman–Crippen MR) is 78.9 cm³/mol. The topological polar surface area (TPSA) is 51.2 Å². The summed E-state index contributed by atoms with van der Waals surface area (Å²) in [5, 5.41) is 3.51. The van der Waals surface area contributed by atoms with Crippen molar-refractivity contribution >= 4 is 32.6 Å². The number of aromatic nitrogens is 1. The normalized spacial score (nSPS) is 12.4. The molecule has 0 radical (unpaired) electrons. The van der Waals surface area contributed by atoms with Crippen molar-refractivity contribution in [3.05, 3.63) is 18.2 Å². The SMILES string of the molecule is CCCC(C)C(=O)Nc1nc2c(OC)cccc2s1. The fourth-order valence-corrected chi connectivity index (χ4v) is 2.82. The number of fused-ring (bicyclic) bond motifs is 1. The molecule has 1 amide bonds. The summed E-state index contributed by atoms with van der Waals surface area (Å²) in [7, 11) is 1.62. The van der Waals surface area contributed by atoms with Gasteiger partial charge in [-0.25, -0.2) is 4.98 Å². The van der Waals surface area contributed by atoms with Crippen LogP contribution >= 0.6 is 11.3 Å². The van der Waals surface area contributed by atoms with Crippen LogP contribution in [0.3, 0.4) is 0 Å². The molecule has 0 aliphatic rings. The second-order valence-electron chi connectivity index (χ2n) is 4.51. The molecular weight excluding hydrogens is 260 g/mol. The summed E-state index contributed by atoms with van der Waals surface area (Å²) >= 11 is 1.47. The Morgan fingerprint density at radius 1 is 1.53 bits per heavy atom. The lowest BCUT2D eigenvalue weighted by molar-refractivity contribution is -0.119. The number of nitrogens with zero attached hydrogens (tertiary/aromatic N) is 1. The molecule has 0 aliphatic heterocycles. The number of anilines is 1. The third-order valence-electron chi connectivity index (χ3n) is 3.00. The van der Waals surface area contributed by atoms with Gasteiger partial charge in [0.25, 0.3) is 0 Å². The quantitative estimate of drug-likeness (QED) is 0.907. The molecule has 0 spiro atoms. The van der Waals surface area contributed by atoms with Crippen molar-refractivity contribution in [2.24, 2.45) is 5.92 Å². The number of ether oxygens (including phenoxy) is 1. The molecule has 0 bridgehead atoms. The lowest BCUT2D eigenvalue weighted by Gasteiger charge is -2.08. The van der Waals surface area contributed by atoms with Crippen molar-refractivity contribution in [2.75, 3.05) is 12.4 Å². The first-order valence-corrected chi connectivity index (χ1v) is 7.21. The highest BCUT2D eigenvalue weighted by Gasteiger charge is 2.15. The third kappa shape index (κ3) is 3.04. The van der Waals surface area contributed by atoms with Gasteiger partial charge < -0.3 is 10.1 Å². The van der Waals surface area contributed by atoms with E-state index in [4.69, 9.17) is 4.74 Å². The molecule has 1 atom stereocenters. The fourth-order valence-electron chi connectivity index (χ4n) is 1.93. The van der Waals surface area contributed by atoms with Gasteiger partial charge in [-0.2, -0.15) is 0 Å². The number of thiazole rings is 1. The molecule has 0 fully saturated rings. The Balaban J connectivity index is 2.20. The minimum Gasteiger partial charge on any atom is -0.494 e. The average molecular weight is 278 g/mol. The predicted octanol–water partition coefficient (Wildman–Crippen LogP) is 3.68. The van der Waals surface area contributed by atoms with Crippen LogP contribution in [-0.2, 0) is 4.79 Å². The molecule has 0 saturated heterocycles. The van der Waals surface area contributed by atoms with Crippen LogP contribution in [0.1, 0.15) is 26.7 Å². The lowest BCUT2D eigenvalue weighted by atomic mass is 10.1. The van der Waals surface area contributed by atoms with Gasteiger partial charge in [0.15, 0.2) is 5.13 Å². The van der Waals surface area contributed by atoms with Crippen molar-refractivity contribution in [2.45, 2.75) is 26.7 Å². The van der Waals surface area contributed by atoms with Gasteiger partial charge in [-0.15, -0.1) is 0 Å². The molecule has 1 unspecified atom stereocenters. The van der Waals surface area contributed by atoms with Gasteiger partial charge in [-0.3, -0.25) is 4.79 Å². The second-order valence-corrected chi connectivity index (χ2v) is 5.54. The van der Waals surface area contributed by atoms with Gasteiger partial charge in [0.1, 0.15) is 11.3 Å². The lowest BCUT2D eigenvalue weighted by Crippen LogP contribution is -2.19. The number of carbonyl (C=O) groups excluding carboxylic acids is 1. The number of hydrogen-bond donors (Lipinski definition) is 1. The molecule has 0 aliphatic carbocycles. The molecule has 1 aromatic carbocycles. The molecule has 5 heteroatoms. The molecule has 2 rings (SSSR count). The molecule has 4 nitrogen and oxygen atoms in total. The van der Waals surface area contributed by atoms with Crippen LogP contribution in [0.5, 0.6) is 5.75 Å². The van der Waals surface area contributed by atoms with Crippen molar-refractivity contribution in [1.82, 2.24) is 4.98 Å². The van der Waals surface area contributed by atoms with E-state index >= 15 is 0 Å². The Hall–Kier alpha value is -1.62. The van der Waals surface area contributed by atoms with Gasteiger partial charge in [-0.1, -0.05) is 37.7 Å². The smallest absolute Gasteiger partial charge is 0.228 e. The van der Waals surface area contributed by atoms with E-state index in [0.29, 0.717) is 5.13 Å². The number of nitrogens with one attached hydrogen (secondary N) is 1. The molecule has 0 saturated carbocycles. The van der Waals surface area contributed by atoms with E-state index in [0.717, 1.165) is 28.8 Å². The summed E-state index contributed by atoms with van der Waals surface area (Å²) in [6.07, 6.45) is 1.89. The van der Waals surface area contributed by atoms with E-state index in [9.17, 15) is 4.79 Å². The monoisotopic (exact) mass is 278 g/mol. The Kier molecular flexibility index (Phi) is 4.37. The molecule has 2 aromatic rings. The van der Waals surface area contributed by atoms with E-state index in [-0.39, 0.29) is 11.8 Å². The van der Waals surface area contributed by atoms with Crippen LogP contribution in [-0.4, -0.2) is 18.0 Å². The Morgan fingerprint density at radius 2 is 2.32 bits per heavy atom. The van der Waals surface area contributed by atoms with E-state index < -0.39 is 0 Å². The average Bonchev–Trinajstić information content (AvgIpc) is 2.80. The van der Waals surface area contributed by atoms with Gasteiger partial charge in [0, 0.05) is 5.92 Å². The second kappa shape index (κ2) is 6.02. The van der Waals surface area contributed by atoms with Crippen LogP contribution < -0.4 is 10.1 Å². The minimum absolute atomic E-state index is 0.0129. The van der Waals surface area contributed by atoms with Gasteiger partial charge in [0.05, 0.1) is 11.8 Å². The van der Waals surface area contributed by atoms with Crippen LogP contribution in [0.2, 0.25) is 0 Å². The van der Waals surface area contributed by atoms with Crippen LogP contribution in [0, 0.1) is 5.92 Å². The number of para-hydroxylation sites is 1. The summed E-state index contributed by atoms with van der Waals surface area (Å²) < 4.78 is 6.28. The summed E-state index contributed by atoms with van der Waals surface area (Å²) in [4.78, 5) is 16.4. The molecule has 1 N–H and O–H groups in total. The Bertz CT molecular complexity index is 580. The number of carbonyl (C=O) groups is 1. The maximum atomic E-state index is 12.0. The minimum atomic E-state index is 0.0129. The highest BCUT2D eigenvalue weighted by atomic mass is 32.1. The zero-order valence-electron chi connectivity index (χ0n) is 11.4. The molecular formula is C14H18N2O2S. The highest BCUT2D eigenvalue weighted by molar-refractivity contribution is 7.22. The molecule has 19 heavy (non-hydrogen) atoms. The van der Waals surface area contributed by atoms with E-state index in [1.165, 1.54) is 11.3 Å². The summed E-state index contributed by atoms with van der Waals surface area (Å²) in [6.45, 7) is 4.01. The number of amides is 1. The van der Waals surface area contributed by atoms with E-state index in [2.05, 4.69) is 17.2 Å². The van der Waals surface area contributed by atoms with Crippen molar-refractivity contribution in [3.8, 4) is 5.75 Å². The zero-order valence-corrected chi connectivity index (χ0v) is 12.2. The highest BCUT2D eigenvalue weighted by Crippen LogP contribution is 2.32. The number of hydrogen-bond acceptors (Lipinski definition) is 4. The standard InChI is InChI=1S/C14H18N2O2S/c1-4-6-9(2)13(17)16-14-15-12-10(18-3)7-5-8-11(12)19-14/h5,7-9H,4,6H2,1-3H3,(H,15,16,17). The maximum absolute atomic E-state index is 12.0. The van der Waals surface area contributed by atoms with Crippen molar-refractivity contribution in [3.63, 3.8) is 0 Å². The summed E-state index contributed by atoms with van der Waals surface area (Å²) in [5.41, 5.74) is 0.799. The summed E-state index contributed by atoms with van der Waals surface area (Å²) in [6, 6.07) is 5.76. The van der Waals surface area contributed by atoms with Crippen molar-refractivity contribution < 1.29 is 9.53 Å². The zero-order chi connectivity index (χ0) is 13.8. The van der Waals surface area contributed by atoms with Gasteiger partial charge in [0.2, 0.25) is 5.91 Å². The van der Waals surface area contributed by atoms with Gasteiger partial charge >= 0.3 is 0 Å². The number of methoxy groups -OCH3 is 1. The third-order valence-corrected chi connectivity index (χ3v) is 3.94. The van der Waals surface area contributed by atoms with Crippen LogP contribution in [0.25, 0.3) is 10.2 Å². The maximum Gasteiger partial charge on any atom is 0.228 e. The van der Waals surface area contributed by atoms with Gasteiger partial charge in [-0.05, 0) is 18.6 Å². The Morgan fingerprint density at radius 3 is 3.00 bits per heavy atom. The fraction of sp³-hybridized carbons (Fsp3) is 0.429. The van der Waals surface area contributed by atoms with Crippen molar-refractivity contribution in [1.29, 1.82) is 0 Å². The number of benzene rings is 1.